The largest absolute Gasteiger partial charge is 0.368 e. The van der Waals surface area contributed by atoms with E-state index in [4.69, 9.17) is 0 Å². The predicted octanol–water partition coefficient (Wildman–Crippen LogP) is 2.00. The molecule has 128 valence electrons. The monoisotopic (exact) mass is 335 g/mol. The van der Waals surface area contributed by atoms with Crippen LogP contribution in [0.1, 0.15) is 11.4 Å². The van der Waals surface area contributed by atoms with Crippen LogP contribution >= 0.6 is 0 Å². The van der Waals surface area contributed by atoms with Gasteiger partial charge in [0.2, 0.25) is 0 Å². The zero-order chi connectivity index (χ0) is 17.2. The fraction of sp³-hybridized carbons (Fsp3) is 0.333. The van der Waals surface area contributed by atoms with Gasteiger partial charge in [0, 0.05) is 50.0 Å². The Labute approximate surface area is 146 Å². The topological polar surface area (TPSA) is 63.0 Å². The second-order valence-corrected chi connectivity index (χ2v) is 6.27. The van der Waals surface area contributed by atoms with Crippen LogP contribution in [-0.4, -0.2) is 51.1 Å². The molecule has 0 N–H and O–H groups in total. The molecular weight excluding hydrogens is 314 g/mol. The van der Waals surface area contributed by atoms with Gasteiger partial charge in [-0.15, -0.1) is 10.2 Å². The summed E-state index contributed by atoms with van der Waals surface area (Å²) in [5.74, 6) is 1.67. The average molecular weight is 335 g/mol. The third-order valence-electron chi connectivity index (χ3n) is 4.49. The molecule has 4 heterocycles. The third kappa shape index (κ3) is 3.17. The van der Waals surface area contributed by atoms with Crippen molar-refractivity contribution in [2.75, 3.05) is 36.0 Å². The van der Waals surface area contributed by atoms with Crippen molar-refractivity contribution >= 4 is 11.5 Å². The summed E-state index contributed by atoms with van der Waals surface area (Å²) in [7, 11) is 0. The molecule has 0 radical (unpaired) electrons. The molecule has 0 aromatic carbocycles. The molecule has 1 aliphatic rings. The Morgan fingerprint density at radius 3 is 2.04 bits per heavy atom. The number of nitrogens with zero attached hydrogens (tertiary/aromatic N) is 7. The summed E-state index contributed by atoms with van der Waals surface area (Å²) in [4.78, 5) is 8.73. The van der Waals surface area contributed by atoms with Gasteiger partial charge in [-0.25, -0.2) is 4.68 Å². The number of piperazine rings is 1. The Bertz CT molecular complexity index is 834. The molecule has 1 fully saturated rings. The number of hydrogen-bond acceptors (Lipinski definition) is 6. The van der Waals surface area contributed by atoms with Crippen molar-refractivity contribution in [2.45, 2.75) is 13.8 Å². The van der Waals surface area contributed by atoms with E-state index in [1.165, 1.54) is 5.69 Å². The van der Waals surface area contributed by atoms with Crippen molar-refractivity contribution in [1.82, 2.24) is 25.0 Å². The van der Waals surface area contributed by atoms with Gasteiger partial charge in [-0.3, -0.25) is 4.98 Å². The first-order valence-electron chi connectivity index (χ1n) is 8.48. The van der Waals surface area contributed by atoms with Crippen LogP contribution in [0.2, 0.25) is 0 Å². The lowest BCUT2D eigenvalue weighted by Crippen LogP contribution is -2.46. The minimum absolute atomic E-state index is 0.754. The molecule has 0 bridgehead atoms. The van der Waals surface area contributed by atoms with E-state index in [9.17, 15) is 0 Å². The van der Waals surface area contributed by atoms with Gasteiger partial charge < -0.3 is 9.80 Å². The molecule has 7 nitrogen and oxygen atoms in total. The van der Waals surface area contributed by atoms with Crippen molar-refractivity contribution in [3.63, 3.8) is 0 Å². The average Bonchev–Trinajstić information content (AvgIpc) is 3.01. The van der Waals surface area contributed by atoms with E-state index in [1.807, 2.05) is 49.1 Å². The van der Waals surface area contributed by atoms with Crippen LogP contribution in [0.15, 0.2) is 42.7 Å². The van der Waals surface area contributed by atoms with E-state index in [0.29, 0.717) is 0 Å². The molecule has 0 atom stereocenters. The van der Waals surface area contributed by atoms with Crippen molar-refractivity contribution in [3.05, 3.63) is 54.1 Å². The van der Waals surface area contributed by atoms with Gasteiger partial charge in [0.15, 0.2) is 11.6 Å². The van der Waals surface area contributed by atoms with Crippen LogP contribution in [0.3, 0.4) is 0 Å². The van der Waals surface area contributed by atoms with E-state index in [0.717, 1.165) is 49.2 Å². The summed E-state index contributed by atoms with van der Waals surface area (Å²) in [6, 6.07) is 10.2. The molecule has 1 saturated heterocycles. The van der Waals surface area contributed by atoms with Gasteiger partial charge in [0.1, 0.15) is 0 Å². The number of pyridine rings is 1. The number of rotatable bonds is 3. The minimum Gasteiger partial charge on any atom is -0.368 e. The van der Waals surface area contributed by atoms with Crippen LogP contribution in [0.4, 0.5) is 11.5 Å². The lowest BCUT2D eigenvalue weighted by Gasteiger charge is -2.36. The highest BCUT2D eigenvalue weighted by Crippen LogP contribution is 2.19. The zero-order valence-electron chi connectivity index (χ0n) is 14.5. The number of aryl methyl sites for hydroxylation is 2. The molecule has 25 heavy (non-hydrogen) atoms. The molecule has 1 aliphatic heterocycles. The Morgan fingerprint density at radius 1 is 0.800 bits per heavy atom. The molecular formula is C18H21N7. The maximum Gasteiger partial charge on any atom is 0.176 e. The van der Waals surface area contributed by atoms with E-state index in [2.05, 4.69) is 42.2 Å². The van der Waals surface area contributed by atoms with Gasteiger partial charge in [0.05, 0.1) is 5.69 Å². The quantitative estimate of drug-likeness (QED) is 0.729. The SMILES string of the molecule is Cc1cc(C)n(-c2ccc(N3CCN(c4ccncc4)CC3)nn2)n1. The maximum absolute atomic E-state index is 4.45. The maximum atomic E-state index is 4.45. The molecule has 0 saturated carbocycles. The predicted molar refractivity (Wildman–Crippen MR) is 97.3 cm³/mol. The van der Waals surface area contributed by atoms with Crippen molar-refractivity contribution < 1.29 is 0 Å². The second kappa shape index (κ2) is 6.51. The fourth-order valence-electron chi connectivity index (χ4n) is 3.21. The van der Waals surface area contributed by atoms with Crippen LogP contribution in [0.5, 0.6) is 0 Å². The molecule has 0 amide bonds. The summed E-state index contributed by atoms with van der Waals surface area (Å²) >= 11 is 0. The smallest absolute Gasteiger partial charge is 0.176 e. The lowest BCUT2D eigenvalue weighted by molar-refractivity contribution is 0.641. The molecule has 3 aromatic rings. The number of anilines is 2. The van der Waals surface area contributed by atoms with E-state index < -0.39 is 0 Å². The van der Waals surface area contributed by atoms with Crippen LogP contribution in [0.25, 0.3) is 5.82 Å². The van der Waals surface area contributed by atoms with Crippen LogP contribution < -0.4 is 9.80 Å². The first-order valence-corrected chi connectivity index (χ1v) is 8.48. The summed E-state index contributed by atoms with van der Waals surface area (Å²) in [5.41, 5.74) is 3.27. The number of hydrogen-bond donors (Lipinski definition) is 0. The molecule has 0 unspecified atom stereocenters. The first kappa shape index (κ1) is 15.6. The Kier molecular flexibility index (Phi) is 4.05. The molecule has 0 aliphatic carbocycles. The van der Waals surface area contributed by atoms with Gasteiger partial charge in [-0.05, 0) is 44.2 Å². The van der Waals surface area contributed by atoms with E-state index >= 15 is 0 Å². The second-order valence-electron chi connectivity index (χ2n) is 6.27. The molecule has 0 spiro atoms. The summed E-state index contributed by atoms with van der Waals surface area (Å²) < 4.78 is 1.83. The third-order valence-corrected chi connectivity index (χ3v) is 4.49. The van der Waals surface area contributed by atoms with E-state index in [-0.39, 0.29) is 0 Å². The van der Waals surface area contributed by atoms with Gasteiger partial charge in [-0.2, -0.15) is 5.10 Å². The highest BCUT2D eigenvalue weighted by atomic mass is 15.4. The number of aromatic nitrogens is 5. The van der Waals surface area contributed by atoms with Gasteiger partial charge >= 0.3 is 0 Å². The molecule has 4 rings (SSSR count). The first-order chi connectivity index (χ1) is 12.2. The van der Waals surface area contributed by atoms with Crippen molar-refractivity contribution in [1.29, 1.82) is 0 Å². The standard InChI is InChI=1S/C18H21N7/c1-14-13-15(2)25(22-14)18-4-3-17(20-21-18)24-11-9-23(10-12-24)16-5-7-19-8-6-16/h3-8,13H,9-12H2,1-2H3. The Morgan fingerprint density at radius 2 is 1.44 bits per heavy atom. The highest BCUT2D eigenvalue weighted by molar-refractivity contribution is 5.48. The Balaban J connectivity index is 1.44. The van der Waals surface area contributed by atoms with Crippen molar-refractivity contribution in [3.8, 4) is 5.82 Å². The molecule has 7 heteroatoms. The van der Waals surface area contributed by atoms with Gasteiger partial charge in [-0.1, -0.05) is 0 Å². The zero-order valence-corrected chi connectivity index (χ0v) is 14.5. The van der Waals surface area contributed by atoms with Crippen LogP contribution in [-0.2, 0) is 0 Å². The molecule has 3 aromatic heterocycles. The summed E-state index contributed by atoms with van der Waals surface area (Å²) in [5, 5.41) is 13.2. The van der Waals surface area contributed by atoms with Crippen molar-refractivity contribution in [2.24, 2.45) is 0 Å². The summed E-state index contributed by atoms with van der Waals surface area (Å²) in [6.07, 6.45) is 3.68. The van der Waals surface area contributed by atoms with E-state index in [1.54, 1.807) is 0 Å². The lowest BCUT2D eigenvalue weighted by atomic mass is 10.2. The summed E-state index contributed by atoms with van der Waals surface area (Å²) in [6.45, 7) is 7.78. The fourth-order valence-corrected chi connectivity index (χ4v) is 3.21. The normalized spacial score (nSPS) is 14.8. The minimum atomic E-state index is 0.754. The van der Waals surface area contributed by atoms with Gasteiger partial charge in [0.25, 0.3) is 0 Å². The van der Waals surface area contributed by atoms with Crippen LogP contribution in [0, 0.1) is 13.8 Å². The Hall–Kier alpha value is -2.96. The highest BCUT2D eigenvalue weighted by Gasteiger charge is 2.19.